The molecule has 0 spiro atoms. The van der Waals surface area contributed by atoms with Crippen LogP contribution in [0.4, 0.5) is 9.59 Å². The van der Waals surface area contributed by atoms with Crippen LogP contribution in [0.2, 0.25) is 0 Å². The molecule has 32 heavy (non-hydrogen) atoms. The van der Waals surface area contributed by atoms with Crippen molar-refractivity contribution in [1.29, 1.82) is 0 Å². The molecule has 0 saturated carbocycles. The maximum atomic E-state index is 11.5. The number of ether oxygens (including phenoxy) is 2. The number of amides is 2. The Kier molecular flexibility index (Phi) is 23.1. The lowest BCUT2D eigenvalue weighted by molar-refractivity contribution is 0.147. The van der Waals surface area contributed by atoms with Crippen molar-refractivity contribution in [3.63, 3.8) is 0 Å². The summed E-state index contributed by atoms with van der Waals surface area (Å²) in [4.78, 5) is 23.0. The highest BCUT2D eigenvalue weighted by Gasteiger charge is 2.00. The van der Waals surface area contributed by atoms with E-state index >= 15 is 0 Å². The lowest BCUT2D eigenvalue weighted by atomic mass is 10.1. The topological polar surface area (TPSA) is 76.7 Å². The van der Waals surface area contributed by atoms with Crippen molar-refractivity contribution in [3.05, 3.63) is 0 Å². The Balaban J connectivity index is 3.49. The Morgan fingerprint density at radius 3 is 1.38 bits per heavy atom. The Morgan fingerprint density at radius 2 is 0.969 bits per heavy atom. The molecular formula is C26H44N2O4. The van der Waals surface area contributed by atoms with Gasteiger partial charge in [0.2, 0.25) is 0 Å². The fourth-order valence-electron chi connectivity index (χ4n) is 2.90. The van der Waals surface area contributed by atoms with Gasteiger partial charge in [0.25, 0.3) is 0 Å². The first-order valence-corrected chi connectivity index (χ1v) is 12.5. The fourth-order valence-corrected chi connectivity index (χ4v) is 2.90. The van der Waals surface area contributed by atoms with Crippen LogP contribution < -0.4 is 10.6 Å². The van der Waals surface area contributed by atoms with Crippen LogP contribution in [0.1, 0.15) is 104 Å². The zero-order valence-corrected chi connectivity index (χ0v) is 20.4. The van der Waals surface area contributed by atoms with Crippen LogP contribution in [0, 0.1) is 23.7 Å². The highest BCUT2D eigenvalue weighted by Crippen LogP contribution is 2.04. The molecule has 0 aliphatic carbocycles. The van der Waals surface area contributed by atoms with Crippen LogP contribution in [0.5, 0.6) is 0 Å². The molecule has 0 radical (unpaired) electrons. The normalized spacial score (nSPS) is 9.69. The van der Waals surface area contributed by atoms with Gasteiger partial charge in [0.05, 0.1) is 0 Å². The molecule has 0 heterocycles. The predicted octanol–water partition coefficient (Wildman–Crippen LogP) is 5.95. The van der Waals surface area contributed by atoms with E-state index in [1.54, 1.807) is 0 Å². The van der Waals surface area contributed by atoms with Crippen LogP contribution in [-0.2, 0) is 9.47 Å². The first kappa shape index (κ1) is 29.7. The summed E-state index contributed by atoms with van der Waals surface area (Å²) >= 11 is 0. The second kappa shape index (κ2) is 24.9. The molecule has 0 aliphatic rings. The summed E-state index contributed by atoms with van der Waals surface area (Å²) in [5, 5.41) is 5.50. The van der Waals surface area contributed by atoms with Crippen LogP contribution in [-0.4, -0.2) is 38.5 Å². The number of carbonyl (C=O) groups is 2. The summed E-state index contributed by atoms with van der Waals surface area (Å²) in [5.41, 5.74) is 0. The van der Waals surface area contributed by atoms with E-state index in [0.29, 0.717) is 25.9 Å². The molecule has 182 valence electrons. The van der Waals surface area contributed by atoms with E-state index in [0.717, 1.165) is 25.7 Å². The lowest BCUT2D eigenvalue weighted by Gasteiger charge is -2.05. The predicted molar refractivity (Wildman–Crippen MR) is 130 cm³/mol. The molecule has 0 aromatic heterocycles. The maximum absolute atomic E-state index is 11.5. The van der Waals surface area contributed by atoms with Gasteiger partial charge in [-0.25, -0.2) is 9.59 Å². The Hall–Kier alpha value is -2.34. The third kappa shape index (κ3) is 23.9. The molecule has 0 aromatic carbocycles. The summed E-state index contributed by atoms with van der Waals surface area (Å²) in [5.74, 6) is 11.1. The monoisotopic (exact) mass is 448 g/mol. The van der Waals surface area contributed by atoms with E-state index in [-0.39, 0.29) is 13.2 Å². The Bertz CT molecular complexity index is 532. The van der Waals surface area contributed by atoms with Crippen LogP contribution in [0.25, 0.3) is 0 Å². The minimum absolute atomic E-state index is 0.249. The highest BCUT2D eigenvalue weighted by molar-refractivity contribution is 5.67. The van der Waals surface area contributed by atoms with Crippen LogP contribution in [0.15, 0.2) is 0 Å². The SMILES string of the molecule is CCCCCCCCNC(=O)OCCC#CC#CCCOC(=O)NCCCCCCCC. The number of alkyl carbamates (subject to hydrolysis) is 2. The minimum Gasteiger partial charge on any atom is -0.449 e. The molecule has 0 aliphatic heterocycles. The number of carbonyl (C=O) groups excluding carboxylic acids is 2. The van der Waals surface area contributed by atoms with Gasteiger partial charge in [-0.05, 0) is 24.7 Å². The first-order chi connectivity index (χ1) is 15.7. The summed E-state index contributed by atoms with van der Waals surface area (Å²) in [6.07, 6.45) is 14.4. The molecule has 0 atom stereocenters. The number of nitrogens with one attached hydrogen (secondary N) is 2. The van der Waals surface area contributed by atoms with Crippen LogP contribution >= 0.6 is 0 Å². The number of rotatable bonds is 18. The van der Waals surface area contributed by atoms with Gasteiger partial charge in [0.15, 0.2) is 0 Å². The summed E-state index contributed by atoms with van der Waals surface area (Å²) in [7, 11) is 0. The third-order valence-corrected chi connectivity index (χ3v) is 4.76. The van der Waals surface area contributed by atoms with Crippen molar-refractivity contribution in [2.45, 2.75) is 104 Å². The highest BCUT2D eigenvalue weighted by atomic mass is 16.6. The van der Waals surface area contributed by atoms with Gasteiger partial charge in [0.1, 0.15) is 13.2 Å². The molecule has 0 fully saturated rings. The van der Waals surface area contributed by atoms with Gasteiger partial charge >= 0.3 is 12.2 Å². The fraction of sp³-hybridized carbons (Fsp3) is 0.769. The zero-order chi connectivity index (χ0) is 23.5. The molecule has 0 aromatic rings. The van der Waals surface area contributed by atoms with Gasteiger partial charge in [-0.1, -0.05) is 89.9 Å². The number of hydrogen-bond donors (Lipinski definition) is 2. The molecule has 6 heteroatoms. The van der Waals surface area contributed by atoms with Crippen molar-refractivity contribution in [2.75, 3.05) is 26.3 Å². The van der Waals surface area contributed by atoms with E-state index in [1.165, 1.54) is 51.4 Å². The van der Waals surface area contributed by atoms with E-state index in [2.05, 4.69) is 48.2 Å². The molecule has 6 nitrogen and oxygen atoms in total. The molecule has 0 bridgehead atoms. The summed E-state index contributed by atoms with van der Waals surface area (Å²) in [6, 6.07) is 0. The largest absolute Gasteiger partial charge is 0.449 e. The molecule has 2 amide bonds. The van der Waals surface area contributed by atoms with Gasteiger partial charge in [0, 0.05) is 25.9 Å². The molecule has 0 unspecified atom stereocenters. The van der Waals surface area contributed by atoms with Gasteiger partial charge in [-0.15, -0.1) is 0 Å². The van der Waals surface area contributed by atoms with E-state index in [9.17, 15) is 9.59 Å². The first-order valence-electron chi connectivity index (χ1n) is 12.5. The second-order valence-corrected chi connectivity index (χ2v) is 7.76. The molecule has 0 saturated heterocycles. The van der Waals surface area contributed by atoms with Crippen molar-refractivity contribution >= 4 is 12.2 Å². The minimum atomic E-state index is -0.390. The number of hydrogen-bond acceptors (Lipinski definition) is 4. The van der Waals surface area contributed by atoms with Crippen molar-refractivity contribution in [1.82, 2.24) is 10.6 Å². The van der Waals surface area contributed by atoms with Crippen molar-refractivity contribution in [2.24, 2.45) is 0 Å². The second-order valence-electron chi connectivity index (χ2n) is 7.76. The Morgan fingerprint density at radius 1 is 0.594 bits per heavy atom. The van der Waals surface area contributed by atoms with Crippen LogP contribution in [0.3, 0.4) is 0 Å². The smallest absolute Gasteiger partial charge is 0.407 e. The average molecular weight is 449 g/mol. The van der Waals surface area contributed by atoms with Gasteiger partial charge < -0.3 is 20.1 Å². The maximum Gasteiger partial charge on any atom is 0.407 e. The molecule has 0 rings (SSSR count). The standard InChI is InChI=1S/C26H44N2O4/c1-3-5-7-9-13-17-21-27-25(29)31-23-19-15-11-12-16-20-24-32-26(30)28-22-18-14-10-8-6-4-2/h3-10,13-14,17-24H2,1-2H3,(H,27,29)(H,28,30). The van der Waals surface area contributed by atoms with Gasteiger partial charge in [-0.2, -0.15) is 0 Å². The lowest BCUT2D eigenvalue weighted by Crippen LogP contribution is -2.25. The average Bonchev–Trinajstić information content (AvgIpc) is 2.79. The van der Waals surface area contributed by atoms with E-state index in [1.807, 2.05) is 0 Å². The zero-order valence-electron chi connectivity index (χ0n) is 20.4. The summed E-state index contributed by atoms with van der Waals surface area (Å²) in [6.45, 7) is 6.20. The number of unbranched alkanes of at least 4 members (excludes halogenated alkanes) is 10. The third-order valence-electron chi connectivity index (χ3n) is 4.76. The van der Waals surface area contributed by atoms with Crippen molar-refractivity contribution < 1.29 is 19.1 Å². The van der Waals surface area contributed by atoms with Crippen molar-refractivity contribution in [3.8, 4) is 23.7 Å². The van der Waals surface area contributed by atoms with E-state index in [4.69, 9.17) is 9.47 Å². The van der Waals surface area contributed by atoms with E-state index < -0.39 is 12.2 Å². The quantitative estimate of drug-likeness (QED) is 0.201. The summed E-state index contributed by atoms with van der Waals surface area (Å²) < 4.78 is 10.1. The molecule has 2 N–H and O–H groups in total. The molecular weight excluding hydrogens is 404 g/mol. The Labute approximate surface area is 196 Å². The van der Waals surface area contributed by atoms with Gasteiger partial charge in [-0.3, -0.25) is 0 Å².